The van der Waals surface area contributed by atoms with Crippen molar-refractivity contribution in [3.63, 3.8) is 0 Å². The average molecular weight is 466 g/mol. The van der Waals surface area contributed by atoms with E-state index in [9.17, 15) is 0 Å². The summed E-state index contributed by atoms with van der Waals surface area (Å²) in [6.07, 6.45) is 9.31. The predicted molar refractivity (Wildman–Crippen MR) is 142 cm³/mol. The van der Waals surface area contributed by atoms with E-state index in [-0.39, 0.29) is 0 Å². The number of pyridine rings is 3. The Labute approximate surface area is 206 Å². The quantitative estimate of drug-likeness (QED) is 0.439. The van der Waals surface area contributed by atoms with Crippen molar-refractivity contribution in [2.24, 2.45) is 0 Å². The van der Waals surface area contributed by atoms with Crippen molar-refractivity contribution in [2.75, 3.05) is 38.5 Å². The fourth-order valence-corrected chi connectivity index (χ4v) is 4.47. The minimum atomic E-state index is 0.766. The summed E-state index contributed by atoms with van der Waals surface area (Å²) in [6.45, 7) is 16.0. The summed E-state index contributed by atoms with van der Waals surface area (Å²) >= 11 is 0. The molecule has 0 bridgehead atoms. The Kier molecular flexibility index (Phi) is 6.44. The first-order chi connectivity index (χ1) is 17.0. The predicted octanol–water partition coefficient (Wildman–Crippen LogP) is 4.32. The van der Waals surface area contributed by atoms with Crippen molar-refractivity contribution in [3.05, 3.63) is 102 Å². The summed E-state index contributed by atoms with van der Waals surface area (Å²) in [4.78, 5) is 13.7. The van der Waals surface area contributed by atoms with Gasteiger partial charge in [0.25, 0.3) is 0 Å². The number of fused-ring (bicyclic) bond motifs is 1. The molecule has 0 atom stereocenters. The fourth-order valence-electron chi connectivity index (χ4n) is 4.47. The maximum Gasteiger partial charge on any atom is 0.0760 e. The lowest BCUT2D eigenvalue weighted by Gasteiger charge is -2.32. The Bertz CT molecular complexity index is 1360. The zero-order valence-electron chi connectivity index (χ0n) is 20.4. The van der Waals surface area contributed by atoms with Gasteiger partial charge in [0, 0.05) is 73.8 Å². The molecule has 7 nitrogen and oxygen atoms in total. The van der Waals surface area contributed by atoms with E-state index in [4.69, 9.17) is 4.98 Å². The molecule has 0 radical (unpaired) electrons. The summed E-state index contributed by atoms with van der Waals surface area (Å²) in [7, 11) is 2.18. The maximum atomic E-state index is 4.71. The minimum absolute atomic E-state index is 0.766. The second-order valence-electron chi connectivity index (χ2n) is 9.18. The van der Waals surface area contributed by atoms with E-state index < -0.39 is 0 Å². The molecule has 1 aliphatic rings. The van der Waals surface area contributed by atoms with Gasteiger partial charge < -0.3 is 10.2 Å². The van der Waals surface area contributed by atoms with E-state index >= 15 is 0 Å². The SMILES string of the molecule is C=C(c1ccn2ncc(C(=C)Nc3cccnc3)c2c1)c1cc(CN2CCN(C)CC2)cnc1C. The van der Waals surface area contributed by atoms with Crippen LogP contribution in [0, 0.1) is 6.92 Å². The van der Waals surface area contributed by atoms with Crippen molar-refractivity contribution < 1.29 is 0 Å². The summed E-state index contributed by atoms with van der Waals surface area (Å²) in [5, 5.41) is 7.83. The fraction of sp³-hybridized carbons (Fsp3) is 0.250. The van der Waals surface area contributed by atoms with E-state index in [0.29, 0.717) is 0 Å². The summed E-state index contributed by atoms with van der Waals surface area (Å²) in [5.41, 5.74) is 8.82. The molecule has 35 heavy (non-hydrogen) atoms. The number of hydrogen-bond donors (Lipinski definition) is 1. The first-order valence-corrected chi connectivity index (χ1v) is 11.9. The van der Waals surface area contributed by atoms with Gasteiger partial charge in [-0.15, -0.1) is 0 Å². The van der Waals surface area contributed by atoms with Gasteiger partial charge in [-0.05, 0) is 61.0 Å². The van der Waals surface area contributed by atoms with Gasteiger partial charge in [0.15, 0.2) is 0 Å². The van der Waals surface area contributed by atoms with E-state index in [0.717, 1.165) is 77.6 Å². The summed E-state index contributed by atoms with van der Waals surface area (Å²) < 4.78 is 1.86. The van der Waals surface area contributed by atoms with Crippen molar-refractivity contribution in [3.8, 4) is 0 Å². The lowest BCUT2D eigenvalue weighted by atomic mass is 9.97. The molecule has 5 rings (SSSR count). The van der Waals surface area contributed by atoms with Crippen LogP contribution in [0.3, 0.4) is 0 Å². The van der Waals surface area contributed by atoms with E-state index in [1.54, 1.807) is 12.4 Å². The molecular weight excluding hydrogens is 434 g/mol. The monoisotopic (exact) mass is 465 g/mol. The van der Waals surface area contributed by atoms with Gasteiger partial charge in [0.2, 0.25) is 0 Å². The smallest absolute Gasteiger partial charge is 0.0760 e. The molecule has 0 aliphatic carbocycles. The molecule has 0 saturated carbocycles. The number of piperazine rings is 1. The number of anilines is 1. The van der Waals surface area contributed by atoms with Crippen LogP contribution in [0.4, 0.5) is 5.69 Å². The number of hydrogen-bond acceptors (Lipinski definition) is 6. The highest BCUT2D eigenvalue weighted by molar-refractivity contribution is 5.86. The highest BCUT2D eigenvalue weighted by Gasteiger charge is 2.16. The minimum Gasteiger partial charge on any atom is -0.354 e. The second kappa shape index (κ2) is 9.82. The molecule has 1 aliphatic heterocycles. The molecule has 1 fully saturated rings. The third kappa shape index (κ3) is 5.01. The highest BCUT2D eigenvalue weighted by atomic mass is 15.2. The summed E-state index contributed by atoms with van der Waals surface area (Å²) in [5.74, 6) is 0. The van der Waals surface area contributed by atoms with Gasteiger partial charge in [-0.2, -0.15) is 5.10 Å². The average Bonchev–Trinajstić information content (AvgIpc) is 3.30. The summed E-state index contributed by atoms with van der Waals surface area (Å²) in [6, 6.07) is 10.3. The molecule has 1 saturated heterocycles. The van der Waals surface area contributed by atoms with Gasteiger partial charge in [0.05, 0.1) is 23.6 Å². The number of likely N-dealkylation sites (N-methyl/N-ethyl adjacent to an activating group) is 1. The molecule has 0 amide bonds. The molecule has 4 aromatic heterocycles. The Morgan fingerprint density at radius 2 is 1.86 bits per heavy atom. The van der Waals surface area contributed by atoms with Gasteiger partial charge >= 0.3 is 0 Å². The standard InChI is InChI=1S/C28H31N7/c1-20(26-14-23(16-30-21(26)2)19-34-12-10-33(4)11-13-34)24-7-9-35-28(15-24)27(18-31-35)22(3)32-25-6-5-8-29-17-25/h5-9,14-18,32H,1,3,10-13,19H2,2,4H3. The van der Waals surface area contributed by atoms with Crippen molar-refractivity contribution >= 4 is 22.5 Å². The van der Waals surface area contributed by atoms with E-state index in [1.807, 2.05) is 42.2 Å². The van der Waals surface area contributed by atoms with Gasteiger partial charge in [-0.3, -0.25) is 14.9 Å². The lowest BCUT2D eigenvalue weighted by molar-refractivity contribution is 0.148. The number of rotatable bonds is 7. The lowest BCUT2D eigenvalue weighted by Crippen LogP contribution is -2.43. The number of nitrogens with one attached hydrogen (secondary N) is 1. The van der Waals surface area contributed by atoms with Gasteiger partial charge in [-0.25, -0.2) is 4.52 Å². The molecule has 178 valence electrons. The van der Waals surface area contributed by atoms with Gasteiger partial charge in [-0.1, -0.05) is 13.2 Å². The van der Waals surface area contributed by atoms with Crippen molar-refractivity contribution in [2.45, 2.75) is 13.5 Å². The molecule has 0 aromatic carbocycles. The molecule has 5 heterocycles. The van der Waals surface area contributed by atoms with Crippen molar-refractivity contribution in [1.29, 1.82) is 0 Å². The third-order valence-electron chi connectivity index (χ3n) is 6.62. The Morgan fingerprint density at radius 3 is 2.63 bits per heavy atom. The zero-order valence-corrected chi connectivity index (χ0v) is 20.4. The van der Waals surface area contributed by atoms with Crippen LogP contribution in [-0.4, -0.2) is 62.6 Å². The topological polar surface area (TPSA) is 61.6 Å². The highest BCUT2D eigenvalue weighted by Crippen LogP contribution is 2.28. The largest absolute Gasteiger partial charge is 0.354 e. The number of aromatic nitrogens is 4. The Balaban J connectivity index is 1.39. The normalized spacial score (nSPS) is 14.8. The van der Waals surface area contributed by atoms with E-state index in [2.05, 4.69) is 63.6 Å². The zero-order chi connectivity index (χ0) is 24.4. The van der Waals surface area contributed by atoms with E-state index in [1.165, 1.54) is 5.56 Å². The van der Waals surface area contributed by atoms with Crippen LogP contribution in [0.5, 0.6) is 0 Å². The third-order valence-corrected chi connectivity index (χ3v) is 6.62. The maximum absolute atomic E-state index is 4.71. The van der Waals surface area contributed by atoms with Crippen LogP contribution in [0.25, 0.3) is 16.8 Å². The molecule has 0 spiro atoms. The second-order valence-corrected chi connectivity index (χ2v) is 9.18. The van der Waals surface area contributed by atoms with Crippen molar-refractivity contribution in [1.82, 2.24) is 29.4 Å². The number of aryl methyl sites for hydroxylation is 1. The first-order valence-electron chi connectivity index (χ1n) is 11.9. The molecule has 4 aromatic rings. The van der Waals surface area contributed by atoms with Crippen LogP contribution in [0.15, 0.2) is 74.5 Å². The van der Waals surface area contributed by atoms with Gasteiger partial charge in [0.1, 0.15) is 0 Å². The Morgan fingerprint density at radius 1 is 1.03 bits per heavy atom. The van der Waals surface area contributed by atoms with Crippen LogP contribution >= 0.6 is 0 Å². The Hall–Kier alpha value is -3.81. The molecule has 1 N–H and O–H groups in total. The molecule has 0 unspecified atom stereocenters. The van der Waals surface area contributed by atoms with Crippen LogP contribution in [0.2, 0.25) is 0 Å². The first kappa shape index (κ1) is 23.0. The molecule has 7 heteroatoms. The van der Waals surface area contributed by atoms with Crippen LogP contribution in [-0.2, 0) is 6.54 Å². The van der Waals surface area contributed by atoms with Crippen LogP contribution in [0.1, 0.15) is 27.9 Å². The number of nitrogens with zero attached hydrogens (tertiary/aromatic N) is 6. The van der Waals surface area contributed by atoms with Crippen LogP contribution < -0.4 is 5.32 Å². The molecular formula is C28H31N7.